The minimum atomic E-state index is -0.476. The SMILES string of the molecule is Cc1ccc(C(=O)NCC(C)(C)CCCCl)cc1[N+](=O)[O-]. The summed E-state index contributed by atoms with van der Waals surface area (Å²) in [5.41, 5.74) is 0.754. The summed E-state index contributed by atoms with van der Waals surface area (Å²) in [6, 6.07) is 4.51. The van der Waals surface area contributed by atoms with Gasteiger partial charge in [-0.2, -0.15) is 0 Å². The maximum atomic E-state index is 12.1. The minimum Gasteiger partial charge on any atom is -0.351 e. The number of hydrogen-bond acceptors (Lipinski definition) is 3. The zero-order valence-electron chi connectivity index (χ0n) is 12.6. The fraction of sp³-hybridized carbons (Fsp3) is 0.533. The third-order valence-corrected chi connectivity index (χ3v) is 3.65. The number of amides is 1. The molecule has 0 aliphatic heterocycles. The standard InChI is InChI=1S/C15H21ClN2O3/c1-11-5-6-12(9-13(11)18(20)21)14(19)17-10-15(2,3)7-4-8-16/h5-6,9H,4,7-8,10H2,1-3H3,(H,17,19). The lowest BCUT2D eigenvalue weighted by atomic mass is 9.88. The summed E-state index contributed by atoms with van der Waals surface area (Å²) >= 11 is 5.68. The number of nitro groups is 1. The van der Waals surface area contributed by atoms with Crippen molar-refractivity contribution in [2.24, 2.45) is 5.41 Å². The van der Waals surface area contributed by atoms with Crippen molar-refractivity contribution in [3.63, 3.8) is 0 Å². The van der Waals surface area contributed by atoms with E-state index in [0.717, 1.165) is 12.8 Å². The van der Waals surface area contributed by atoms with Crippen LogP contribution in [0, 0.1) is 22.5 Å². The molecule has 0 unspecified atom stereocenters. The van der Waals surface area contributed by atoms with E-state index in [9.17, 15) is 14.9 Å². The largest absolute Gasteiger partial charge is 0.351 e. The Labute approximate surface area is 129 Å². The Morgan fingerprint density at radius 1 is 1.43 bits per heavy atom. The monoisotopic (exact) mass is 312 g/mol. The van der Waals surface area contributed by atoms with E-state index < -0.39 is 4.92 Å². The number of hydrogen-bond donors (Lipinski definition) is 1. The van der Waals surface area contributed by atoms with Gasteiger partial charge < -0.3 is 5.32 Å². The molecule has 0 fully saturated rings. The molecule has 0 atom stereocenters. The molecule has 0 saturated heterocycles. The minimum absolute atomic E-state index is 0.0379. The number of nitrogens with one attached hydrogen (secondary N) is 1. The van der Waals surface area contributed by atoms with Gasteiger partial charge in [0.1, 0.15) is 0 Å². The van der Waals surface area contributed by atoms with Gasteiger partial charge in [-0.3, -0.25) is 14.9 Å². The van der Waals surface area contributed by atoms with Crippen molar-refractivity contribution in [1.29, 1.82) is 0 Å². The van der Waals surface area contributed by atoms with Gasteiger partial charge in [0.15, 0.2) is 0 Å². The smallest absolute Gasteiger partial charge is 0.273 e. The van der Waals surface area contributed by atoms with Crippen LogP contribution >= 0.6 is 11.6 Å². The Morgan fingerprint density at radius 3 is 2.67 bits per heavy atom. The van der Waals surface area contributed by atoms with Crippen LogP contribution in [0.1, 0.15) is 42.6 Å². The number of nitrogens with zero attached hydrogens (tertiary/aromatic N) is 1. The van der Waals surface area contributed by atoms with Gasteiger partial charge in [0, 0.05) is 29.6 Å². The molecule has 0 aliphatic rings. The fourth-order valence-electron chi connectivity index (χ4n) is 2.00. The van der Waals surface area contributed by atoms with E-state index in [1.165, 1.54) is 6.07 Å². The number of rotatable bonds is 7. The predicted molar refractivity (Wildman–Crippen MR) is 83.9 cm³/mol. The van der Waals surface area contributed by atoms with E-state index in [1.54, 1.807) is 19.1 Å². The van der Waals surface area contributed by atoms with E-state index in [0.29, 0.717) is 23.6 Å². The summed E-state index contributed by atoms with van der Waals surface area (Å²) in [7, 11) is 0. The molecule has 1 rings (SSSR count). The zero-order chi connectivity index (χ0) is 16.0. The lowest BCUT2D eigenvalue weighted by Crippen LogP contribution is -2.34. The molecule has 0 aromatic heterocycles. The quantitative estimate of drug-likeness (QED) is 0.474. The average Bonchev–Trinajstić information content (AvgIpc) is 2.43. The van der Waals surface area contributed by atoms with Crippen LogP contribution in [-0.4, -0.2) is 23.3 Å². The Morgan fingerprint density at radius 2 is 2.10 bits per heavy atom. The number of carbonyl (C=O) groups is 1. The highest BCUT2D eigenvalue weighted by Gasteiger charge is 2.20. The average molecular weight is 313 g/mol. The highest BCUT2D eigenvalue weighted by molar-refractivity contribution is 6.17. The normalized spacial score (nSPS) is 11.2. The van der Waals surface area contributed by atoms with Crippen LogP contribution in [0.25, 0.3) is 0 Å². The van der Waals surface area contributed by atoms with Gasteiger partial charge in [-0.25, -0.2) is 0 Å². The van der Waals surface area contributed by atoms with Crippen LogP contribution in [0.15, 0.2) is 18.2 Å². The summed E-state index contributed by atoms with van der Waals surface area (Å²) in [5.74, 6) is 0.304. The van der Waals surface area contributed by atoms with Crippen molar-refractivity contribution in [2.75, 3.05) is 12.4 Å². The Bertz CT molecular complexity index is 530. The molecule has 21 heavy (non-hydrogen) atoms. The molecule has 5 nitrogen and oxygen atoms in total. The molecule has 0 heterocycles. The van der Waals surface area contributed by atoms with Crippen LogP contribution in [0.4, 0.5) is 5.69 Å². The van der Waals surface area contributed by atoms with Crippen molar-refractivity contribution in [1.82, 2.24) is 5.32 Å². The molecule has 1 aromatic carbocycles. The number of benzene rings is 1. The number of halogens is 1. The third kappa shape index (κ3) is 5.34. The van der Waals surface area contributed by atoms with E-state index in [-0.39, 0.29) is 17.0 Å². The van der Waals surface area contributed by atoms with Crippen molar-refractivity contribution >= 4 is 23.2 Å². The van der Waals surface area contributed by atoms with Crippen LogP contribution in [0.5, 0.6) is 0 Å². The molecule has 1 N–H and O–H groups in total. The first kappa shape index (κ1) is 17.4. The predicted octanol–water partition coefficient (Wildman–Crippen LogP) is 3.68. The fourth-order valence-corrected chi connectivity index (χ4v) is 2.14. The number of nitro benzene ring substituents is 1. The van der Waals surface area contributed by atoms with Gasteiger partial charge in [-0.05, 0) is 31.2 Å². The first-order valence-electron chi connectivity index (χ1n) is 6.86. The first-order chi connectivity index (χ1) is 9.76. The summed E-state index contributed by atoms with van der Waals surface area (Å²) < 4.78 is 0. The Hall–Kier alpha value is -1.62. The van der Waals surface area contributed by atoms with E-state index in [2.05, 4.69) is 19.2 Å². The second-order valence-corrected chi connectivity index (χ2v) is 6.28. The van der Waals surface area contributed by atoms with Gasteiger partial charge in [-0.15, -0.1) is 11.6 Å². The lowest BCUT2D eigenvalue weighted by Gasteiger charge is -2.24. The number of carbonyl (C=O) groups excluding carboxylic acids is 1. The first-order valence-corrected chi connectivity index (χ1v) is 7.39. The van der Waals surface area contributed by atoms with Crippen LogP contribution in [-0.2, 0) is 0 Å². The van der Waals surface area contributed by atoms with Gasteiger partial charge in [0.05, 0.1) is 4.92 Å². The molecule has 0 aliphatic carbocycles. The maximum absolute atomic E-state index is 12.1. The molecule has 0 spiro atoms. The molecule has 0 saturated carbocycles. The lowest BCUT2D eigenvalue weighted by molar-refractivity contribution is -0.385. The maximum Gasteiger partial charge on any atom is 0.273 e. The molecule has 116 valence electrons. The van der Waals surface area contributed by atoms with Crippen LogP contribution < -0.4 is 5.32 Å². The van der Waals surface area contributed by atoms with Gasteiger partial charge >= 0.3 is 0 Å². The Kier molecular flexibility index (Phi) is 6.15. The van der Waals surface area contributed by atoms with E-state index in [4.69, 9.17) is 11.6 Å². The molecule has 6 heteroatoms. The van der Waals surface area contributed by atoms with Gasteiger partial charge in [0.25, 0.3) is 11.6 Å². The number of alkyl halides is 1. The topological polar surface area (TPSA) is 72.2 Å². The summed E-state index contributed by atoms with van der Waals surface area (Å²) in [6.45, 7) is 6.26. The summed E-state index contributed by atoms with van der Waals surface area (Å²) in [5, 5.41) is 13.7. The summed E-state index contributed by atoms with van der Waals surface area (Å²) in [4.78, 5) is 22.5. The molecule has 1 aromatic rings. The molecule has 0 bridgehead atoms. The number of aryl methyl sites for hydroxylation is 1. The van der Waals surface area contributed by atoms with Gasteiger partial charge in [-0.1, -0.05) is 19.9 Å². The molecule has 1 amide bonds. The van der Waals surface area contributed by atoms with Gasteiger partial charge in [0.2, 0.25) is 0 Å². The zero-order valence-corrected chi connectivity index (χ0v) is 13.4. The van der Waals surface area contributed by atoms with Crippen LogP contribution in [0.2, 0.25) is 0 Å². The van der Waals surface area contributed by atoms with Crippen LogP contribution in [0.3, 0.4) is 0 Å². The third-order valence-electron chi connectivity index (χ3n) is 3.38. The molecular formula is C15H21ClN2O3. The highest BCUT2D eigenvalue weighted by Crippen LogP contribution is 2.22. The van der Waals surface area contributed by atoms with Crippen molar-refractivity contribution in [2.45, 2.75) is 33.6 Å². The molecule has 0 radical (unpaired) electrons. The molecular weight excluding hydrogens is 292 g/mol. The second-order valence-electron chi connectivity index (χ2n) is 5.90. The van der Waals surface area contributed by atoms with E-state index in [1.807, 2.05) is 0 Å². The highest BCUT2D eigenvalue weighted by atomic mass is 35.5. The second kappa shape index (κ2) is 7.41. The van der Waals surface area contributed by atoms with Crippen molar-refractivity contribution < 1.29 is 9.72 Å². The van der Waals surface area contributed by atoms with Crippen molar-refractivity contribution in [3.05, 3.63) is 39.4 Å². The van der Waals surface area contributed by atoms with E-state index >= 15 is 0 Å². The van der Waals surface area contributed by atoms with Crippen molar-refractivity contribution in [3.8, 4) is 0 Å². The summed E-state index contributed by atoms with van der Waals surface area (Å²) in [6.07, 6.45) is 1.80. The Balaban J connectivity index is 2.72.